The van der Waals surface area contributed by atoms with Crippen LogP contribution in [0.2, 0.25) is 0 Å². The van der Waals surface area contributed by atoms with Gasteiger partial charge in [-0.15, -0.1) is 50.9 Å². The summed E-state index contributed by atoms with van der Waals surface area (Å²) in [7, 11) is 0. The van der Waals surface area contributed by atoms with E-state index in [0.29, 0.717) is 0 Å². The van der Waals surface area contributed by atoms with Crippen molar-refractivity contribution >= 4 is 50.9 Å². The summed E-state index contributed by atoms with van der Waals surface area (Å²) >= 11 is 0. The molecule has 0 radical (unpaired) electrons. The first-order valence-corrected chi connectivity index (χ1v) is 4.94. The van der Waals surface area contributed by atoms with E-state index in [2.05, 4.69) is 21.4 Å². The van der Waals surface area contributed by atoms with Crippen LogP contribution in [0.4, 0.5) is 0 Å². The normalized spacial score (nSPS) is 8.44. The SMILES string of the molecule is Br.Br.Br.c1cncc(CNCc2ccncc2)c1. The maximum absolute atomic E-state index is 4.06. The second kappa shape index (κ2) is 11.8. The van der Waals surface area contributed by atoms with E-state index in [0.717, 1.165) is 13.1 Å². The Morgan fingerprint density at radius 3 is 2.06 bits per heavy atom. The Morgan fingerprint density at radius 1 is 0.778 bits per heavy atom. The van der Waals surface area contributed by atoms with E-state index in [1.165, 1.54) is 11.1 Å². The van der Waals surface area contributed by atoms with Gasteiger partial charge in [-0.25, -0.2) is 0 Å². The van der Waals surface area contributed by atoms with Gasteiger partial charge in [0, 0.05) is 37.9 Å². The van der Waals surface area contributed by atoms with Crippen LogP contribution in [0.3, 0.4) is 0 Å². The summed E-state index contributed by atoms with van der Waals surface area (Å²) in [6, 6.07) is 8.03. The van der Waals surface area contributed by atoms with Gasteiger partial charge < -0.3 is 5.32 Å². The predicted molar refractivity (Wildman–Crippen MR) is 90.0 cm³/mol. The van der Waals surface area contributed by atoms with Crippen LogP contribution in [-0.4, -0.2) is 9.97 Å². The van der Waals surface area contributed by atoms with E-state index in [1.807, 2.05) is 24.4 Å². The number of hydrogen-bond acceptors (Lipinski definition) is 3. The van der Waals surface area contributed by atoms with Gasteiger partial charge in [-0.3, -0.25) is 9.97 Å². The lowest BCUT2D eigenvalue weighted by molar-refractivity contribution is 0.691. The summed E-state index contributed by atoms with van der Waals surface area (Å²) in [5.41, 5.74) is 2.44. The molecule has 3 nitrogen and oxygen atoms in total. The van der Waals surface area contributed by atoms with E-state index in [1.54, 1.807) is 18.6 Å². The Balaban J connectivity index is 0. The molecule has 2 aromatic rings. The van der Waals surface area contributed by atoms with Crippen LogP contribution in [0.25, 0.3) is 0 Å². The maximum atomic E-state index is 4.06. The Labute approximate surface area is 139 Å². The summed E-state index contributed by atoms with van der Waals surface area (Å²) in [6.45, 7) is 1.70. The van der Waals surface area contributed by atoms with Gasteiger partial charge in [0.1, 0.15) is 0 Å². The second-order valence-electron chi connectivity index (χ2n) is 3.32. The first-order chi connectivity index (χ1) is 7.45. The highest BCUT2D eigenvalue weighted by atomic mass is 79.9. The molecule has 0 saturated carbocycles. The molecule has 0 bridgehead atoms. The molecule has 18 heavy (non-hydrogen) atoms. The third kappa shape index (κ3) is 7.20. The third-order valence-corrected chi connectivity index (χ3v) is 2.13. The molecule has 0 atom stereocenters. The van der Waals surface area contributed by atoms with Crippen LogP contribution >= 0.6 is 50.9 Å². The van der Waals surface area contributed by atoms with Crippen molar-refractivity contribution in [2.24, 2.45) is 0 Å². The Hall–Kier alpha value is -0.300. The first kappa shape index (κ1) is 20.0. The lowest BCUT2D eigenvalue weighted by atomic mass is 10.2. The standard InChI is InChI=1S/C12H13N3.3BrH/c1-2-12(9-14-5-1)10-15-8-11-3-6-13-7-4-11;;;/h1-7,9,15H,8,10H2;3*1H. The molecule has 2 aromatic heterocycles. The fraction of sp³-hybridized carbons (Fsp3) is 0.167. The summed E-state index contributed by atoms with van der Waals surface area (Å²) in [6.07, 6.45) is 7.27. The van der Waals surface area contributed by atoms with Gasteiger partial charge >= 0.3 is 0 Å². The monoisotopic (exact) mass is 439 g/mol. The van der Waals surface area contributed by atoms with Crippen molar-refractivity contribution in [3.63, 3.8) is 0 Å². The van der Waals surface area contributed by atoms with E-state index >= 15 is 0 Å². The van der Waals surface area contributed by atoms with Crippen molar-refractivity contribution in [1.82, 2.24) is 15.3 Å². The van der Waals surface area contributed by atoms with Crippen molar-refractivity contribution in [3.05, 3.63) is 60.2 Å². The van der Waals surface area contributed by atoms with E-state index in [4.69, 9.17) is 0 Å². The van der Waals surface area contributed by atoms with Crippen LogP contribution in [0, 0.1) is 0 Å². The van der Waals surface area contributed by atoms with Crippen molar-refractivity contribution < 1.29 is 0 Å². The topological polar surface area (TPSA) is 37.8 Å². The minimum absolute atomic E-state index is 0. The van der Waals surface area contributed by atoms with Crippen LogP contribution in [-0.2, 0) is 13.1 Å². The lowest BCUT2D eigenvalue weighted by Crippen LogP contribution is -2.12. The molecule has 1 N–H and O–H groups in total. The fourth-order valence-corrected chi connectivity index (χ4v) is 1.35. The fourth-order valence-electron chi connectivity index (χ4n) is 1.35. The second-order valence-corrected chi connectivity index (χ2v) is 3.32. The Kier molecular flexibility index (Phi) is 13.1. The molecule has 0 aromatic carbocycles. The van der Waals surface area contributed by atoms with E-state index in [9.17, 15) is 0 Å². The summed E-state index contributed by atoms with van der Waals surface area (Å²) in [5, 5.41) is 3.35. The first-order valence-electron chi connectivity index (χ1n) is 4.94. The van der Waals surface area contributed by atoms with E-state index < -0.39 is 0 Å². The zero-order valence-corrected chi connectivity index (χ0v) is 14.8. The average Bonchev–Trinajstić information content (AvgIpc) is 2.32. The quantitative estimate of drug-likeness (QED) is 0.789. The van der Waals surface area contributed by atoms with Gasteiger partial charge in [0.2, 0.25) is 0 Å². The summed E-state index contributed by atoms with van der Waals surface area (Å²) in [4.78, 5) is 8.03. The molecular weight excluding hydrogens is 426 g/mol. The molecule has 0 aliphatic rings. The average molecular weight is 442 g/mol. The highest BCUT2D eigenvalue weighted by molar-refractivity contribution is 8.93. The zero-order chi connectivity index (χ0) is 10.3. The number of nitrogens with one attached hydrogen (secondary N) is 1. The minimum Gasteiger partial charge on any atom is -0.309 e. The molecule has 2 heterocycles. The Morgan fingerprint density at radius 2 is 1.44 bits per heavy atom. The smallest absolute Gasteiger partial charge is 0.0312 e. The molecule has 0 unspecified atom stereocenters. The highest BCUT2D eigenvalue weighted by Crippen LogP contribution is 1.98. The number of rotatable bonds is 4. The van der Waals surface area contributed by atoms with Crippen LogP contribution in [0.1, 0.15) is 11.1 Å². The van der Waals surface area contributed by atoms with Crippen molar-refractivity contribution in [2.45, 2.75) is 13.1 Å². The van der Waals surface area contributed by atoms with Crippen LogP contribution in [0.15, 0.2) is 49.1 Å². The van der Waals surface area contributed by atoms with Gasteiger partial charge in [-0.2, -0.15) is 0 Å². The van der Waals surface area contributed by atoms with Crippen molar-refractivity contribution in [1.29, 1.82) is 0 Å². The number of hydrogen-bond donors (Lipinski definition) is 1. The predicted octanol–water partition coefficient (Wildman–Crippen LogP) is 3.50. The molecule has 0 spiro atoms. The van der Waals surface area contributed by atoms with Crippen LogP contribution in [0.5, 0.6) is 0 Å². The molecule has 0 aliphatic carbocycles. The highest BCUT2D eigenvalue weighted by Gasteiger charge is 1.92. The number of halogens is 3. The molecule has 0 aliphatic heterocycles. The van der Waals surface area contributed by atoms with Crippen molar-refractivity contribution in [2.75, 3.05) is 0 Å². The summed E-state index contributed by atoms with van der Waals surface area (Å²) < 4.78 is 0. The van der Waals surface area contributed by atoms with Gasteiger partial charge in [-0.05, 0) is 29.3 Å². The van der Waals surface area contributed by atoms with Crippen LogP contribution < -0.4 is 5.32 Å². The molecule has 2 rings (SSSR count). The number of nitrogens with zero attached hydrogens (tertiary/aromatic N) is 2. The molecule has 0 amide bonds. The molecular formula is C12H16Br3N3. The maximum Gasteiger partial charge on any atom is 0.0312 e. The molecule has 6 heteroatoms. The van der Waals surface area contributed by atoms with E-state index in [-0.39, 0.29) is 50.9 Å². The minimum atomic E-state index is 0. The van der Waals surface area contributed by atoms with Crippen molar-refractivity contribution in [3.8, 4) is 0 Å². The van der Waals surface area contributed by atoms with Gasteiger partial charge in [-0.1, -0.05) is 6.07 Å². The number of aromatic nitrogens is 2. The van der Waals surface area contributed by atoms with Gasteiger partial charge in [0.05, 0.1) is 0 Å². The lowest BCUT2D eigenvalue weighted by Gasteiger charge is -2.03. The molecule has 100 valence electrons. The Bertz CT molecular complexity index is 358. The van der Waals surface area contributed by atoms with Gasteiger partial charge in [0.15, 0.2) is 0 Å². The molecule has 0 saturated heterocycles. The molecule has 0 fully saturated rings. The largest absolute Gasteiger partial charge is 0.309 e. The third-order valence-electron chi connectivity index (χ3n) is 2.13. The summed E-state index contributed by atoms with van der Waals surface area (Å²) in [5.74, 6) is 0. The van der Waals surface area contributed by atoms with Gasteiger partial charge in [0.25, 0.3) is 0 Å². The number of pyridine rings is 2. The zero-order valence-electron chi connectivity index (χ0n) is 9.65.